The molecule has 3 aromatic rings. The average molecular weight is 660 g/mol. The zero-order valence-corrected chi connectivity index (χ0v) is 28.0. The fourth-order valence-electron chi connectivity index (χ4n) is 4.86. The van der Waals surface area contributed by atoms with E-state index < -0.39 is 38.0 Å². The molecule has 0 saturated carbocycles. The Bertz CT molecular complexity index is 1560. The van der Waals surface area contributed by atoms with Crippen LogP contribution in [0, 0.1) is 12.8 Å². The normalized spacial score (nSPS) is 13.5. The Morgan fingerprint density at radius 1 is 0.889 bits per heavy atom. The maximum atomic E-state index is 13.5. The molecule has 0 aliphatic carbocycles. The number of sulfonamides is 2. The van der Waals surface area contributed by atoms with E-state index in [1.54, 1.807) is 24.3 Å². The number of methoxy groups -OCH3 is 1. The maximum Gasteiger partial charge on any atom is 0.243 e. The number of unbranched alkanes of at least 4 members (excludes halogenated alkanes) is 1. The molecule has 0 unspecified atom stereocenters. The number of nitrogens with one attached hydrogen (secondary N) is 2. The van der Waals surface area contributed by atoms with Crippen LogP contribution in [0.3, 0.4) is 0 Å². The lowest BCUT2D eigenvalue weighted by Crippen LogP contribution is -2.48. The molecular formula is C33H45N3O7S2. The summed E-state index contributed by atoms with van der Waals surface area (Å²) in [6, 6.07) is 20.0. The second-order valence-electron chi connectivity index (χ2n) is 11.4. The first-order chi connectivity index (χ1) is 21.4. The second kappa shape index (κ2) is 16.9. The predicted molar refractivity (Wildman–Crippen MR) is 175 cm³/mol. The fraction of sp³-hybridized carbons (Fsp3) is 0.424. The summed E-state index contributed by atoms with van der Waals surface area (Å²) in [5.41, 5.74) is 1.74. The van der Waals surface area contributed by atoms with E-state index in [1.807, 2.05) is 51.1 Å². The molecule has 0 spiro atoms. The molecule has 0 radical (unpaired) electrons. The van der Waals surface area contributed by atoms with Gasteiger partial charge in [-0.15, -0.1) is 0 Å². The van der Waals surface area contributed by atoms with Crippen molar-refractivity contribution in [3.05, 3.63) is 90.0 Å². The zero-order chi connectivity index (χ0) is 33.0. The molecule has 10 nitrogen and oxygen atoms in total. The molecule has 0 aliphatic heterocycles. The third-order valence-corrected chi connectivity index (χ3v) is 10.7. The van der Waals surface area contributed by atoms with Crippen molar-refractivity contribution >= 4 is 26.0 Å². The van der Waals surface area contributed by atoms with Crippen molar-refractivity contribution in [1.29, 1.82) is 0 Å². The van der Waals surface area contributed by atoms with E-state index >= 15 is 0 Å². The summed E-state index contributed by atoms with van der Waals surface area (Å²) < 4.78 is 62.4. The first-order valence-electron chi connectivity index (χ1n) is 15.0. The van der Waals surface area contributed by atoms with Gasteiger partial charge in [-0.2, -0.15) is 9.03 Å². The van der Waals surface area contributed by atoms with Crippen molar-refractivity contribution in [2.75, 3.05) is 26.8 Å². The van der Waals surface area contributed by atoms with E-state index in [4.69, 9.17) is 4.74 Å². The molecule has 246 valence electrons. The van der Waals surface area contributed by atoms with Gasteiger partial charge >= 0.3 is 0 Å². The number of aliphatic hydroxyl groups is 1. The van der Waals surface area contributed by atoms with Crippen LogP contribution in [0.15, 0.2) is 88.7 Å². The van der Waals surface area contributed by atoms with Gasteiger partial charge in [0.1, 0.15) is 11.8 Å². The summed E-state index contributed by atoms with van der Waals surface area (Å²) in [7, 11) is -6.36. The van der Waals surface area contributed by atoms with Gasteiger partial charge in [-0.3, -0.25) is 4.79 Å². The Labute approximate surface area is 267 Å². The lowest BCUT2D eigenvalue weighted by Gasteiger charge is -2.31. The number of hydrogen-bond acceptors (Lipinski definition) is 7. The number of aliphatic hydroxyl groups excluding tert-OH is 1. The molecule has 3 aromatic carbocycles. The van der Waals surface area contributed by atoms with E-state index in [9.17, 15) is 26.7 Å². The fourth-order valence-corrected chi connectivity index (χ4v) is 7.87. The minimum absolute atomic E-state index is 0.00995. The van der Waals surface area contributed by atoms with Crippen LogP contribution in [0.1, 0.15) is 44.2 Å². The summed E-state index contributed by atoms with van der Waals surface area (Å²) in [6.07, 6.45) is 1.58. The number of ether oxygens (including phenoxy) is 1. The highest BCUT2D eigenvalue weighted by atomic mass is 32.2. The van der Waals surface area contributed by atoms with Crippen molar-refractivity contribution in [2.45, 2.75) is 68.3 Å². The van der Waals surface area contributed by atoms with Crippen LogP contribution in [0.2, 0.25) is 0 Å². The molecule has 0 saturated heterocycles. The van der Waals surface area contributed by atoms with Crippen molar-refractivity contribution in [2.24, 2.45) is 5.92 Å². The van der Waals surface area contributed by atoms with Crippen LogP contribution in [0.25, 0.3) is 0 Å². The van der Waals surface area contributed by atoms with E-state index in [1.165, 1.54) is 35.7 Å². The van der Waals surface area contributed by atoms with Crippen LogP contribution in [0.5, 0.6) is 5.75 Å². The Balaban J connectivity index is 1.64. The Morgan fingerprint density at radius 2 is 1.51 bits per heavy atom. The second-order valence-corrected chi connectivity index (χ2v) is 15.0. The molecule has 2 atom stereocenters. The van der Waals surface area contributed by atoms with Gasteiger partial charge in [-0.1, -0.05) is 68.3 Å². The smallest absolute Gasteiger partial charge is 0.243 e. The molecule has 0 fully saturated rings. The molecule has 0 bridgehead atoms. The number of rotatable bonds is 18. The zero-order valence-electron chi connectivity index (χ0n) is 26.3. The molecule has 12 heteroatoms. The number of benzene rings is 3. The Kier molecular flexibility index (Phi) is 13.6. The van der Waals surface area contributed by atoms with Gasteiger partial charge < -0.3 is 15.2 Å². The molecule has 3 N–H and O–H groups in total. The summed E-state index contributed by atoms with van der Waals surface area (Å²) in [6.45, 7) is 5.91. The summed E-state index contributed by atoms with van der Waals surface area (Å²) in [4.78, 5) is 13.5. The van der Waals surface area contributed by atoms with E-state index in [2.05, 4.69) is 10.0 Å². The Hall–Kier alpha value is -3.29. The highest BCUT2D eigenvalue weighted by Gasteiger charge is 2.31. The summed E-state index contributed by atoms with van der Waals surface area (Å²) in [5.74, 6) is 0.0795. The first kappa shape index (κ1) is 36.2. The van der Waals surface area contributed by atoms with E-state index in [0.717, 1.165) is 11.1 Å². The molecule has 0 aromatic heterocycles. The van der Waals surface area contributed by atoms with Gasteiger partial charge in [0.15, 0.2) is 0 Å². The summed E-state index contributed by atoms with van der Waals surface area (Å²) >= 11 is 0. The summed E-state index contributed by atoms with van der Waals surface area (Å²) in [5, 5.41) is 13.0. The number of amides is 1. The topological polar surface area (TPSA) is 142 Å². The first-order valence-corrected chi connectivity index (χ1v) is 18.0. The van der Waals surface area contributed by atoms with Crippen molar-refractivity contribution in [1.82, 2.24) is 14.3 Å². The molecule has 1 amide bonds. The number of hydrogen-bond donors (Lipinski definition) is 3. The van der Waals surface area contributed by atoms with Crippen LogP contribution < -0.4 is 14.8 Å². The minimum atomic E-state index is -4.02. The van der Waals surface area contributed by atoms with Crippen LogP contribution in [-0.4, -0.2) is 71.0 Å². The lowest BCUT2D eigenvalue weighted by molar-refractivity contribution is -0.122. The highest BCUT2D eigenvalue weighted by molar-refractivity contribution is 7.89. The standard InChI is InChI=1S/C33H45N3O7S2/c1-25(2)23-36(45(41,42)31-17-13-26(3)14-18-31)28(24-37)12-8-9-21-34-33(38)32(22-27-10-6-5-7-11-27)35-44(39,40)30-19-15-29(43-4)16-20-30/h5-7,10-11,13-20,25,28,32,35,37H,8-9,12,21-24H2,1-4H3,(H,34,38)/t28-,32-/m0/s1. The molecule has 0 heterocycles. The van der Waals surface area contributed by atoms with Gasteiger partial charge in [-0.05, 0) is 74.1 Å². The largest absolute Gasteiger partial charge is 0.497 e. The molecule has 3 rings (SSSR count). The maximum absolute atomic E-state index is 13.5. The number of aryl methyl sites for hydroxylation is 1. The van der Waals surface area contributed by atoms with Crippen molar-refractivity contribution in [3.8, 4) is 5.75 Å². The predicted octanol–water partition coefficient (Wildman–Crippen LogP) is 3.89. The van der Waals surface area contributed by atoms with Gasteiger partial charge in [0.2, 0.25) is 26.0 Å². The number of carbonyl (C=O) groups is 1. The number of nitrogens with zero attached hydrogens (tertiary/aromatic N) is 1. The third-order valence-electron chi connectivity index (χ3n) is 7.32. The van der Waals surface area contributed by atoms with Gasteiger partial charge in [0, 0.05) is 19.1 Å². The Morgan fingerprint density at radius 3 is 2.09 bits per heavy atom. The molecular weight excluding hydrogens is 615 g/mol. The van der Waals surface area contributed by atoms with E-state index in [0.29, 0.717) is 25.0 Å². The van der Waals surface area contributed by atoms with Crippen molar-refractivity contribution < 1.29 is 31.5 Å². The third kappa shape index (κ3) is 10.6. The quantitative estimate of drug-likeness (QED) is 0.176. The number of carbonyl (C=O) groups excluding carboxylic acids is 1. The lowest BCUT2D eigenvalue weighted by atomic mass is 10.1. The van der Waals surface area contributed by atoms with E-state index in [-0.39, 0.29) is 41.8 Å². The van der Waals surface area contributed by atoms with Crippen LogP contribution in [0.4, 0.5) is 0 Å². The van der Waals surface area contributed by atoms with Crippen LogP contribution >= 0.6 is 0 Å². The monoisotopic (exact) mass is 659 g/mol. The molecule has 0 aliphatic rings. The molecule has 45 heavy (non-hydrogen) atoms. The SMILES string of the molecule is COc1ccc(S(=O)(=O)N[C@@H](Cc2ccccc2)C(=O)NCCCC[C@@H](CO)N(CC(C)C)S(=O)(=O)c2ccc(C)cc2)cc1. The highest BCUT2D eigenvalue weighted by Crippen LogP contribution is 2.23. The van der Waals surface area contributed by atoms with Crippen molar-refractivity contribution in [3.63, 3.8) is 0 Å². The van der Waals surface area contributed by atoms with Gasteiger partial charge in [0.05, 0.1) is 23.5 Å². The average Bonchev–Trinajstić information content (AvgIpc) is 3.02. The van der Waals surface area contributed by atoms with Gasteiger partial charge in [-0.25, -0.2) is 16.8 Å². The van der Waals surface area contributed by atoms with Gasteiger partial charge in [0.25, 0.3) is 0 Å². The minimum Gasteiger partial charge on any atom is -0.497 e. The van der Waals surface area contributed by atoms with Crippen LogP contribution in [-0.2, 0) is 31.3 Å².